The van der Waals surface area contributed by atoms with Gasteiger partial charge >= 0.3 is 6.18 Å². The summed E-state index contributed by atoms with van der Waals surface area (Å²) in [6.45, 7) is 2.29. The summed E-state index contributed by atoms with van der Waals surface area (Å²) >= 11 is 0.875. The summed E-state index contributed by atoms with van der Waals surface area (Å²) in [7, 11) is -2.77. The molecule has 32 heavy (non-hydrogen) atoms. The fraction of sp³-hybridized carbons (Fsp3) is 0.190. The van der Waals surface area contributed by atoms with E-state index in [2.05, 4.69) is 5.32 Å². The molecule has 11 heteroatoms. The Morgan fingerprint density at radius 1 is 1.12 bits per heavy atom. The van der Waals surface area contributed by atoms with Crippen molar-refractivity contribution >= 4 is 38.6 Å². The predicted molar refractivity (Wildman–Crippen MR) is 117 cm³/mol. The van der Waals surface area contributed by atoms with Gasteiger partial charge in [0.2, 0.25) is 0 Å². The summed E-state index contributed by atoms with van der Waals surface area (Å²) in [4.78, 5) is 12.3. The van der Waals surface area contributed by atoms with Crippen molar-refractivity contribution in [1.82, 2.24) is 0 Å². The molecule has 3 rings (SSSR count). The van der Waals surface area contributed by atoms with Crippen LogP contribution in [0.15, 0.2) is 64.9 Å². The molecule has 0 fully saturated rings. The van der Waals surface area contributed by atoms with E-state index in [1.165, 1.54) is 24.6 Å². The summed E-state index contributed by atoms with van der Waals surface area (Å²) in [5.74, 6) is -0.239. The Kier molecular flexibility index (Phi) is 6.79. The Morgan fingerprint density at radius 3 is 2.44 bits per heavy atom. The van der Waals surface area contributed by atoms with Crippen LogP contribution in [-0.4, -0.2) is 28.0 Å². The molecular weight excluding hydrogens is 465 g/mol. The molecule has 0 spiro atoms. The van der Waals surface area contributed by atoms with Crippen LogP contribution in [0.1, 0.15) is 22.2 Å². The van der Waals surface area contributed by atoms with Crippen molar-refractivity contribution in [3.05, 3.63) is 70.4 Å². The quantitative estimate of drug-likeness (QED) is 0.498. The van der Waals surface area contributed by atoms with Crippen molar-refractivity contribution < 1.29 is 31.1 Å². The molecule has 170 valence electrons. The molecule has 0 unspecified atom stereocenters. The lowest BCUT2D eigenvalue weighted by atomic mass is 10.2. The summed E-state index contributed by atoms with van der Waals surface area (Å²) in [6, 6.07) is 11.8. The van der Waals surface area contributed by atoms with Crippen molar-refractivity contribution in [2.75, 3.05) is 23.3 Å². The lowest BCUT2D eigenvalue weighted by molar-refractivity contribution is -0.137. The monoisotopic (exact) mass is 484 g/mol. The molecule has 0 aliphatic heterocycles. The number of benzene rings is 2. The average Bonchev–Trinajstić information content (AvgIpc) is 3.25. The molecule has 0 radical (unpaired) electrons. The zero-order valence-electron chi connectivity index (χ0n) is 17.0. The number of anilines is 2. The van der Waals surface area contributed by atoms with E-state index in [4.69, 9.17) is 4.74 Å². The number of nitrogens with one attached hydrogen (secondary N) is 1. The van der Waals surface area contributed by atoms with E-state index in [9.17, 15) is 26.4 Å². The molecule has 2 aromatic carbocycles. The van der Waals surface area contributed by atoms with Gasteiger partial charge < -0.3 is 10.1 Å². The maximum atomic E-state index is 13.1. The van der Waals surface area contributed by atoms with Gasteiger partial charge in [-0.1, -0.05) is 6.07 Å². The van der Waals surface area contributed by atoms with E-state index in [1.807, 2.05) is 6.92 Å². The van der Waals surface area contributed by atoms with Crippen molar-refractivity contribution in [3.8, 4) is 5.75 Å². The number of thiophene rings is 1. The van der Waals surface area contributed by atoms with Crippen LogP contribution in [0.4, 0.5) is 24.5 Å². The number of halogens is 3. The maximum absolute atomic E-state index is 13.1. The number of carbonyl (C=O) groups is 1. The molecule has 0 bridgehead atoms. The Morgan fingerprint density at radius 2 is 1.81 bits per heavy atom. The van der Waals surface area contributed by atoms with Gasteiger partial charge in [0.1, 0.15) is 15.5 Å². The zero-order chi connectivity index (χ0) is 23.5. The minimum Gasteiger partial charge on any atom is -0.494 e. The van der Waals surface area contributed by atoms with Gasteiger partial charge in [-0.15, -0.1) is 11.3 Å². The second-order valence-electron chi connectivity index (χ2n) is 6.55. The van der Waals surface area contributed by atoms with Crippen molar-refractivity contribution in [2.24, 2.45) is 0 Å². The third-order valence-corrected chi connectivity index (χ3v) is 7.30. The highest BCUT2D eigenvalue weighted by Gasteiger charge is 2.31. The number of hydrogen-bond acceptors (Lipinski definition) is 5. The number of sulfonamides is 1. The van der Waals surface area contributed by atoms with Gasteiger partial charge in [-0.2, -0.15) is 13.2 Å². The molecule has 0 aliphatic carbocycles. The highest BCUT2D eigenvalue weighted by Crippen LogP contribution is 2.32. The molecule has 6 nitrogen and oxygen atoms in total. The first-order valence-corrected chi connectivity index (χ1v) is 11.6. The van der Waals surface area contributed by atoms with E-state index in [0.29, 0.717) is 18.0 Å². The van der Waals surface area contributed by atoms with Crippen LogP contribution in [0.25, 0.3) is 0 Å². The molecule has 0 atom stereocenters. The molecule has 1 aromatic heterocycles. The smallest absolute Gasteiger partial charge is 0.416 e. The molecule has 1 amide bonds. The zero-order valence-corrected chi connectivity index (χ0v) is 18.6. The molecule has 0 aliphatic rings. The number of nitrogens with zero attached hydrogens (tertiary/aromatic N) is 1. The van der Waals surface area contributed by atoms with Crippen LogP contribution in [-0.2, 0) is 16.2 Å². The molecule has 0 saturated carbocycles. The van der Waals surface area contributed by atoms with Crippen molar-refractivity contribution in [2.45, 2.75) is 18.0 Å². The predicted octanol–water partition coefficient (Wildman–Crippen LogP) is 5.24. The largest absolute Gasteiger partial charge is 0.494 e. The molecule has 3 aromatic rings. The molecular formula is C21H19F3N2O4S2. The van der Waals surface area contributed by atoms with Gasteiger partial charge in [0.05, 0.1) is 17.9 Å². The highest BCUT2D eigenvalue weighted by molar-refractivity contribution is 7.93. The Bertz CT molecular complexity index is 1210. The van der Waals surface area contributed by atoms with Crippen LogP contribution in [0, 0.1) is 0 Å². The first-order valence-electron chi connectivity index (χ1n) is 9.32. The van der Waals surface area contributed by atoms with E-state index in [1.54, 1.807) is 24.3 Å². The molecule has 1 heterocycles. The van der Waals surface area contributed by atoms with Gasteiger partial charge in [-0.25, -0.2) is 8.42 Å². The van der Waals surface area contributed by atoms with E-state index < -0.39 is 27.7 Å². The van der Waals surface area contributed by atoms with Gasteiger partial charge in [-0.05, 0) is 60.8 Å². The summed E-state index contributed by atoms with van der Waals surface area (Å²) in [5.41, 5.74) is -0.671. The van der Waals surface area contributed by atoms with Crippen molar-refractivity contribution in [1.29, 1.82) is 0 Å². The molecule has 0 saturated heterocycles. The first-order chi connectivity index (χ1) is 15.0. The van der Waals surface area contributed by atoms with Gasteiger partial charge in [0.25, 0.3) is 15.9 Å². The maximum Gasteiger partial charge on any atom is 0.416 e. The Balaban J connectivity index is 1.85. The van der Waals surface area contributed by atoms with Gasteiger partial charge in [0, 0.05) is 12.7 Å². The van der Waals surface area contributed by atoms with Crippen LogP contribution in [0.5, 0.6) is 5.75 Å². The van der Waals surface area contributed by atoms with Gasteiger partial charge in [0.15, 0.2) is 0 Å². The molecule has 1 N–H and O–H groups in total. The minimum atomic E-state index is -4.57. The van der Waals surface area contributed by atoms with Crippen LogP contribution in [0.3, 0.4) is 0 Å². The van der Waals surface area contributed by atoms with Crippen LogP contribution in [0.2, 0.25) is 0 Å². The Labute approximate surface area is 187 Å². The van der Waals surface area contributed by atoms with E-state index in [0.717, 1.165) is 33.8 Å². The fourth-order valence-corrected chi connectivity index (χ4v) is 5.32. The topological polar surface area (TPSA) is 75.7 Å². The number of ether oxygens (including phenoxy) is 1. The number of amides is 1. The summed E-state index contributed by atoms with van der Waals surface area (Å²) in [6.07, 6.45) is -4.57. The van der Waals surface area contributed by atoms with Crippen molar-refractivity contribution in [3.63, 3.8) is 0 Å². The second-order valence-corrected chi connectivity index (χ2v) is 9.40. The second kappa shape index (κ2) is 9.21. The van der Waals surface area contributed by atoms with E-state index >= 15 is 0 Å². The first kappa shape index (κ1) is 23.6. The summed E-state index contributed by atoms with van der Waals surface area (Å²) < 4.78 is 71.4. The van der Waals surface area contributed by atoms with Crippen LogP contribution >= 0.6 is 11.3 Å². The normalized spacial score (nSPS) is 11.8. The number of hydrogen-bond donors (Lipinski definition) is 1. The van der Waals surface area contributed by atoms with E-state index in [-0.39, 0.29) is 15.5 Å². The van der Waals surface area contributed by atoms with Gasteiger partial charge in [-0.3, -0.25) is 9.10 Å². The minimum absolute atomic E-state index is 0.0959. The number of alkyl halides is 3. The highest BCUT2D eigenvalue weighted by atomic mass is 32.2. The third-order valence-electron chi connectivity index (χ3n) is 4.43. The summed E-state index contributed by atoms with van der Waals surface area (Å²) in [5, 5.41) is 3.77. The lowest BCUT2D eigenvalue weighted by Crippen LogP contribution is -2.28. The number of rotatable bonds is 7. The standard InChI is InChI=1S/C21H19F3N2O4S2/c1-3-30-17-9-7-16(8-10-17)26(2)32(28,29)18-11-12-31-19(18)20(27)25-15-6-4-5-14(13-15)21(22,23)24/h4-13H,3H2,1-2H3,(H,25,27). The SMILES string of the molecule is CCOc1ccc(N(C)S(=O)(=O)c2ccsc2C(=O)Nc2cccc(C(F)(F)F)c2)cc1. The third kappa shape index (κ3) is 5.05. The lowest BCUT2D eigenvalue weighted by Gasteiger charge is -2.20. The fourth-order valence-electron chi connectivity index (χ4n) is 2.83. The average molecular weight is 485 g/mol. The van der Waals surface area contributed by atoms with Crippen LogP contribution < -0.4 is 14.4 Å². The number of carbonyl (C=O) groups excluding carboxylic acids is 1. The Hall–Kier alpha value is -3.05.